The Morgan fingerprint density at radius 3 is 2.75 bits per heavy atom. The van der Waals surface area contributed by atoms with Crippen molar-refractivity contribution in [2.75, 3.05) is 11.9 Å². The highest BCUT2D eigenvalue weighted by atomic mass is 35.5. The first-order chi connectivity index (χ1) is 7.84. The van der Waals surface area contributed by atoms with Crippen molar-refractivity contribution >= 4 is 17.5 Å². The van der Waals surface area contributed by atoms with Crippen molar-refractivity contribution in [2.24, 2.45) is 0 Å². The summed E-state index contributed by atoms with van der Waals surface area (Å²) in [5.74, 6) is 1.47. The highest BCUT2D eigenvalue weighted by Gasteiger charge is 1.97. The third-order valence-electron chi connectivity index (χ3n) is 1.96. The predicted molar refractivity (Wildman–Crippen MR) is 60.2 cm³/mol. The van der Waals surface area contributed by atoms with Gasteiger partial charge in [0.1, 0.15) is 12.2 Å². The molecule has 0 atom stereocenters. The van der Waals surface area contributed by atoms with Gasteiger partial charge in [0.05, 0.1) is 17.4 Å². The Morgan fingerprint density at radius 2 is 2.06 bits per heavy atom. The maximum atomic E-state index is 5.67. The van der Waals surface area contributed by atoms with Gasteiger partial charge < -0.3 is 5.32 Å². The van der Waals surface area contributed by atoms with E-state index in [9.17, 15) is 0 Å². The fourth-order valence-corrected chi connectivity index (χ4v) is 1.31. The molecule has 84 valence electrons. The quantitative estimate of drug-likeness (QED) is 0.768. The standard InChI is InChI=1S/C9H11ClN6/c10-7-4-12-9(13-5-7)11-3-1-2-8-14-6-15-16-8/h4-6H,1-3H2,(H,11,12,13)(H,14,15,16). The van der Waals surface area contributed by atoms with Gasteiger partial charge in [0, 0.05) is 13.0 Å². The molecule has 6 nitrogen and oxygen atoms in total. The van der Waals surface area contributed by atoms with Crippen molar-refractivity contribution in [3.05, 3.63) is 29.6 Å². The summed E-state index contributed by atoms with van der Waals surface area (Å²) < 4.78 is 0. The number of nitrogens with one attached hydrogen (secondary N) is 2. The average molecular weight is 239 g/mol. The van der Waals surface area contributed by atoms with Crippen LogP contribution in [0.25, 0.3) is 0 Å². The topological polar surface area (TPSA) is 79.4 Å². The Bertz CT molecular complexity index is 412. The van der Waals surface area contributed by atoms with Crippen molar-refractivity contribution in [2.45, 2.75) is 12.8 Å². The largest absolute Gasteiger partial charge is 0.354 e. The number of halogens is 1. The molecule has 0 fully saturated rings. The lowest BCUT2D eigenvalue weighted by Crippen LogP contribution is -2.06. The average Bonchev–Trinajstić information content (AvgIpc) is 2.80. The molecule has 0 amide bonds. The molecule has 2 heterocycles. The van der Waals surface area contributed by atoms with Crippen molar-refractivity contribution in [1.29, 1.82) is 0 Å². The van der Waals surface area contributed by atoms with Crippen LogP contribution in [0.3, 0.4) is 0 Å². The van der Waals surface area contributed by atoms with E-state index in [1.54, 1.807) is 12.4 Å². The lowest BCUT2D eigenvalue weighted by molar-refractivity contribution is 0.800. The molecule has 0 unspecified atom stereocenters. The Kier molecular flexibility index (Phi) is 3.66. The minimum absolute atomic E-state index is 0.534. The Morgan fingerprint density at radius 1 is 1.25 bits per heavy atom. The molecule has 0 spiro atoms. The maximum absolute atomic E-state index is 5.67. The molecule has 2 N–H and O–H groups in total. The third-order valence-corrected chi connectivity index (χ3v) is 2.15. The molecule has 0 aliphatic rings. The van der Waals surface area contributed by atoms with Crippen LogP contribution in [0.15, 0.2) is 18.7 Å². The number of anilines is 1. The van der Waals surface area contributed by atoms with Gasteiger partial charge in [0.2, 0.25) is 5.95 Å². The van der Waals surface area contributed by atoms with Crippen LogP contribution < -0.4 is 5.32 Å². The third kappa shape index (κ3) is 3.16. The lowest BCUT2D eigenvalue weighted by atomic mass is 10.3. The van der Waals surface area contributed by atoms with Gasteiger partial charge >= 0.3 is 0 Å². The molecule has 2 aromatic rings. The minimum atomic E-state index is 0.534. The number of hydrogen-bond donors (Lipinski definition) is 2. The second kappa shape index (κ2) is 5.41. The number of nitrogens with zero attached hydrogens (tertiary/aromatic N) is 4. The van der Waals surface area contributed by atoms with Gasteiger partial charge in [0.15, 0.2) is 0 Å². The fourth-order valence-electron chi connectivity index (χ4n) is 1.21. The van der Waals surface area contributed by atoms with E-state index in [1.165, 1.54) is 6.33 Å². The number of aromatic amines is 1. The Hall–Kier alpha value is -1.69. The van der Waals surface area contributed by atoms with Gasteiger partial charge in [-0.2, -0.15) is 5.10 Å². The highest BCUT2D eigenvalue weighted by Crippen LogP contribution is 2.05. The van der Waals surface area contributed by atoms with Gasteiger partial charge in [-0.05, 0) is 6.42 Å². The number of aromatic nitrogens is 5. The molecule has 2 aromatic heterocycles. The van der Waals surface area contributed by atoms with E-state index in [-0.39, 0.29) is 0 Å². The minimum Gasteiger partial charge on any atom is -0.354 e. The van der Waals surface area contributed by atoms with Crippen LogP contribution in [0.1, 0.15) is 12.2 Å². The molecule has 0 radical (unpaired) electrons. The first-order valence-corrected chi connectivity index (χ1v) is 5.28. The summed E-state index contributed by atoms with van der Waals surface area (Å²) in [6.45, 7) is 0.780. The SMILES string of the molecule is Clc1cnc(NCCCc2ncn[nH]2)nc1. The van der Waals surface area contributed by atoms with E-state index in [0.717, 1.165) is 25.2 Å². The second-order valence-electron chi connectivity index (χ2n) is 3.19. The molecule has 16 heavy (non-hydrogen) atoms. The van der Waals surface area contributed by atoms with E-state index >= 15 is 0 Å². The lowest BCUT2D eigenvalue weighted by Gasteiger charge is -2.02. The Balaban J connectivity index is 1.70. The molecule has 0 aliphatic heterocycles. The van der Waals surface area contributed by atoms with E-state index in [0.29, 0.717) is 11.0 Å². The highest BCUT2D eigenvalue weighted by molar-refractivity contribution is 6.30. The summed E-state index contributed by atoms with van der Waals surface area (Å²) in [4.78, 5) is 12.1. The first-order valence-electron chi connectivity index (χ1n) is 4.90. The normalized spacial score (nSPS) is 10.3. The van der Waals surface area contributed by atoms with E-state index in [1.807, 2.05) is 0 Å². The summed E-state index contributed by atoms with van der Waals surface area (Å²) in [6.07, 6.45) is 6.41. The molecule has 0 saturated carbocycles. The number of rotatable bonds is 5. The van der Waals surface area contributed by atoms with Crippen molar-refractivity contribution in [1.82, 2.24) is 25.1 Å². The van der Waals surface area contributed by atoms with Gasteiger partial charge in [-0.1, -0.05) is 11.6 Å². The first kappa shape index (κ1) is 10.8. The summed E-state index contributed by atoms with van der Waals surface area (Å²) in [6, 6.07) is 0. The molecule has 0 aliphatic carbocycles. The van der Waals surface area contributed by atoms with E-state index in [4.69, 9.17) is 11.6 Å². The fraction of sp³-hybridized carbons (Fsp3) is 0.333. The van der Waals surface area contributed by atoms with Gasteiger partial charge in [-0.3, -0.25) is 5.10 Å². The zero-order valence-corrected chi connectivity index (χ0v) is 9.28. The molecule has 0 bridgehead atoms. The van der Waals surface area contributed by atoms with Crippen LogP contribution in [0.5, 0.6) is 0 Å². The molecule has 0 aromatic carbocycles. The summed E-state index contributed by atoms with van der Waals surface area (Å²) in [7, 11) is 0. The second-order valence-corrected chi connectivity index (χ2v) is 3.62. The smallest absolute Gasteiger partial charge is 0.222 e. The summed E-state index contributed by atoms with van der Waals surface area (Å²) in [5, 5.41) is 10.2. The number of aryl methyl sites for hydroxylation is 1. The summed E-state index contributed by atoms with van der Waals surface area (Å²) in [5.41, 5.74) is 0. The van der Waals surface area contributed by atoms with Gasteiger partial charge in [-0.15, -0.1) is 0 Å². The molecule has 2 rings (SSSR count). The monoisotopic (exact) mass is 238 g/mol. The molecular weight excluding hydrogens is 228 g/mol. The van der Waals surface area contributed by atoms with Crippen molar-refractivity contribution in [3.8, 4) is 0 Å². The van der Waals surface area contributed by atoms with Crippen molar-refractivity contribution < 1.29 is 0 Å². The molecule has 0 saturated heterocycles. The Labute approximate surface area is 97.5 Å². The maximum Gasteiger partial charge on any atom is 0.222 e. The van der Waals surface area contributed by atoms with E-state index < -0.39 is 0 Å². The molecule has 7 heteroatoms. The molecular formula is C9H11ClN6. The number of hydrogen-bond acceptors (Lipinski definition) is 5. The predicted octanol–water partition coefficient (Wildman–Crippen LogP) is 1.29. The zero-order chi connectivity index (χ0) is 11.2. The van der Waals surface area contributed by atoms with Crippen LogP contribution in [0, 0.1) is 0 Å². The van der Waals surface area contributed by atoms with Gasteiger partial charge in [0.25, 0.3) is 0 Å². The van der Waals surface area contributed by atoms with Crippen LogP contribution in [0.2, 0.25) is 5.02 Å². The van der Waals surface area contributed by atoms with E-state index in [2.05, 4.69) is 30.5 Å². The van der Waals surface area contributed by atoms with Crippen LogP contribution in [-0.2, 0) is 6.42 Å². The van der Waals surface area contributed by atoms with Crippen LogP contribution >= 0.6 is 11.6 Å². The zero-order valence-electron chi connectivity index (χ0n) is 8.52. The number of H-pyrrole nitrogens is 1. The van der Waals surface area contributed by atoms with Crippen LogP contribution in [-0.4, -0.2) is 31.7 Å². The van der Waals surface area contributed by atoms with Gasteiger partial charge in [-0.25, -0.2) is 15.0 Å². The van der Waals surface area contributed by atoms with Crippen LogP contribution in [0.4, 0.5) is 5.95 Å². The summed E-state index contributed by atoms with van der Waals surface area (Å²) >= 11 is 5.67. The van der Waals surface area contributed by atoms with Crippen molar-refractivity contribution in [3.63, 3.8) is 0 Å².